The molecule has 4 aliphatic rings. The molecule has 4 aliphatic carbocycles. The molecule has 0 bridgehead atoms. The summed E-state index contributed by atoms with van der Waals surface area (Å²) in [5, 5.41) is 10.8. The molecule has 0 heterocycles. The lowest BCUT2D eigenvalue weighted by atomic mass is 9.43. The number of hydrogen-bond donors (Lipinski definition) is 1. The Kier molecular flexibility index (Phi) is 5.90. The standard InChI is InChI=1S/C30H50O/c1-20(2)10-9-11-21(3)22-14-18-30(8)24-12-13-25-27(4,5)26(31)16-17-28(25,6)23(24)15-19-29(22,30)7/h10,21-22,25-26,31H,9,11-19H2,1-8H3/t21-,22-,25?,26-,28-,29+,30+/m1/s1. The van der Waals surface area contributed by atoms with Crippen molar-refractivity contribution in [2.45, 2.75) is 126 Å². The van der Waals surface area contributed by atoms with E-state index in [0.29, 0.717) is 22.2 Å². The van der Waals surface area contributed by atoms with Crippen LogP contribution in [0.5, 0.6) is 0 Å². The Morgan fingerprint density at radius 3 is 2.35 bits per heavy atom. The molecule has 0 aromatic rings. The maximum absolute atomic E-state index is 10.8. The molecule has 2 saturated carbocycles. The molecule has 1 nitrogen and oxygen atoms in total. The molecular weight excluding hydrogens is 376 g/mol. The van der Waals surface area contributed by atoms with Crippen molar-refractivity contribution in [1.29, 1.82) is 0 Å². The van der Waals surface area contributed by atoms with E-state index in [1.807, 2.05) is 11.1 Å². The predicted molar refractivity (Wildman–Crippen MR) is 133 cm³/mol. The van der Waals surface area contributed by atoms with Gasteiger partial charge in [0, 0.05) is 0 Å². The third-order valence-electron chi connectivity index (χ3n) is 11.7. The molecule has 176 valence electrons. The lowest BCUT2D eigenvalue weighted by Crippen LogP contribution is -2.55. The molecule has 31 heavy (non-hydrogen) atoms. The van der Waals surface area contributed by atoms with Gasteiger partial charge in [0.25, 0.3) is 0 Å². The summed E-state index contributed by atoms with van der Waals surface area (Å²) in [6.45, 7) is 19.6. The molecule has 1 heteroatoms. The molecule has 4 rings (SSSR count). The van der Waals surface area contributed by atoms with E-state index in [1.54, 1.807) is 0 Å². The highest BCUT2D eigenvalue weighted by atomic mass is 16.3. The van der Waals surface area contributed by atoms with Crippen molar-refractivity contribution in [2.24, 2.45) is 39.4 Å². The zero-order valence-corrected chi connectivity index (χ0v) is 21.9. The van der Waals surface area contributed by atoms with E-state index < -0.39 is 0 Å². The van der Waals surface area contributed by atoms with Crippen molar-refractivity contribution in [1.82, 2.24) is 0 Å². The van der Waals surface area contributed by atoms with Gasteiger partial charge in [-0.1, -0.05) is 64.3 Å². The third kappa shape index (κ3) is 3.34. The van der Waals surface area contributed by atoms with Crippen LogP contribution in [-0.2, 0) is 0 Å². The number of aliphatic hydroxyl groups excluding tert-OH is 1. The molecule has 0 saturated heterocycles. The summed E-state index contributed by atoms with van der Waals surface area (Å²) in [6, 6.07) is 0. The quantitative estimate of drug-likeness (QED) is 0.447. The van der Waals surface area contributed by atoms with Crippen LogP contribution in [0.3, 0.4) is 0 Å². The van der Waals surface area contributed by atoms with Crippen LogP contribution >= 0.6 is 0 Å². The van der Waals surface area contributed by atoms with Crippen molar-refractivity contribution in [3.05, 3.63) is 22.8 Å². The van der Waals surface area contributed by atoms with E-state index in [2.05, 4.69) is 61.5 Å². The van der Waals surface area contributed by atoms with Crippen LogP contribution in [0.4, 0.5) is 0 Å². The van der Waals surface area contributed by atoms with E-state index in [4.69, 9.17) is 0 Å². The van der Waals surface area contributed by atoms with Gasteiger partial charge in [-0.15, -0.1) is 0 Å². The summed E-state index contributed by atoms with van der Waals surface area (Å²) in [5.74, 6) is 2.32. The largest absolute Gasteiger partial charge is 0.393 e. The highest BCUT2D eigenvalue weighted by molar-refractivity contribution is 5.38. The van der Waals surface area contributed by atoms with E-state index >= 15 is 0 Å². The first-order valence-electron chi connectivity index (χ1n) is 13.4. The van der Waals surface area contributed by atoms with Gasteiger partial charge in [0.1, 0.15) is 0 Å². The second kappa shape index (κ2) is 7.75. The molecule has 2 fully saturated rings. The highest BCUT2D eigenvalue weighted by Crippen LogP contribution is 2.72. The van der Waals surface area contributed by atoms with Crippen LogP contribution in [0, 0.1) is 39.4 Å². The Labute approximate surface area is 193 Å². The normalized spacial score (nSPS) is 44.9. The maximum Gasteiger partial charge on any atom is 0.0594 e. The fourth-order valence-corrected chi connectivity index (χ4v) is 9.47. The summed E-state index contributed by atoms with van der Waals surface area (Å²) in [7, 11) is 0. The molecule has 1 N–H and O–H groups in total. The summed E-state index contributed by atoms with van der Waals surface area (Å²) in [4.78, 5) is 0. The van der Waals surface area contributed by atoms with Crippen molar-refractivity contribution in [3.8, 4) is 0 Å². The van der Waals surface area contributed by atoms with Gasteiger partial charge in [-0.3, -0.25) is 0 Å². The molecular formula is C30H50O. The van der Waals surface area contributed by atoms with Gasteiger partial charge < -0.3 is 5.11 Å². The van der Waals surface area contributed by atoms with Gasteiger partial charge in [0.2, 0.25) is 0 Å². The Morgan fingerprint density at radius 1 is 0.968 bits per heavy atom. The number of rotatable bonds is 4. The van der Waals surface area contributed by atoms with E-state index in [1.165, 1.54) is 63.4 Å². The SMILES string of the molecule is CC(C)=CCC[C@@H](C)[C@H]1CC[C@@]2(C)C3=C(CC[C@@]12C)[C@@]1(C)CC[C@@H](O)C(C)(C)C1CC3. The fourth-order valence-electron chi connectivity index (χ4n) is 9.47. The van der Waals surface area contributed by atoms with E-state index in [0.717, 1.165) is 18.3 Å². The Balaban J connectivity index is 1.65. The zero-order chi connectivity index (χ0) is 22.8. The number of hydrogen-bond acceptors (Lipinski definition) is 1. The first-order chi connectivity index (χ1) is 14.4. The monoisotopic (exact) mass is 426 g/mol. The van der Waals surface area contributed by atoms with Crippen LogP contribution in [0.25, 0.3) is 0 Å². The lowest BCUT2D eigenvalue weighted by molar-refractivity contribution is -0.0962. The predicted octanol–water partition coefficient (Wildman–Crippen LogP) is 8.48. The lowest BCUT2D eigenvalue weighted by Gasteiger charge is -2.62. The molecule has 0 spiro atoms. The van der Waals surface area contributed by atoms with Crippen LogP contribution in [0.15, 0.2) is 22.8 Å². The van der Waals surface area contributed by atoms with Gasteiger partial charge in [-0.05, 0) is 117 Å². The summed E-state index contributed by atoms with van der Waals surface area (Å²) in [6.07, 6.45) is 15.2. The second-order valence-corrected chi connectivity index (χ2v) is 13.6. The topological polar surface area (TPSA) is 20.2 Å². The third-order valence-corrected chi connectivity index (χ3v) is 11.7. The van der Waals surface area contributed by atoms with Crippen molar-refractivity contribution >= 4 is 0 Å². The molecule has 7 atom stereocenters. The number of allylic oxidation sites excluding steroid dienone is 4. The van der Waals surface area contributed by atoms with Gasteiger partial charge in [0.05, 0.1) is 6.10 Å². The summed E-state index contributed by atoms with van der Waals surface area (Å²) >= 11 is 0. The Morgan fingerprint density at radius 2 is 1.68 bits per heavy atom. The highest BCUT2D eigenvalue weighted by Gasteiger charge is 2.63. The minimum atomic E-state index is -0.130. The fraction of sp³-hybridized carbons (Fsp3) is 0.867. The number of aliphatic hydroxyl groups is 1. The molecule has 0 radical (unpaired) electrons. The second-order valence-electron chi connectivity index (χ2n) is 13.6. The smallest absolute Gasteiger partial charge is 0.0594 e. The van der Waals surface area contributed by atoms with Crippen LogP contribution in [0.1, 0.15) is 120 Å². The minimum Gasteiger partial charge on any atom is -0.393 e. The number of fused-ring (bicyclic) bond motifs is 4. The Hall–Kier alpha value is -0.560. The van der Waals surface area contributed by atoms with Gasteiger partial charge in [-0.25, -0.2) is 0 Å². The van der Waals surface area contributed by atoms with Crippen LogP contribution in [-0.4, -0.2) is 11.2 Å². The molecule has 0 aromatic carbocycles. The van der Waals surface area contributed by atoms with Gasteiger partial charge in [0.15, 0.2) is 0 Å². The first kappa shape index (κ1) is 23.6. The first-order valence-corrected chi connectivity index (χ1v) is 13.4. The molecule has 0 aliphatic heterocycles. The average molecular weight is 427 g/mol. The summed E-state index contributed by atoms with van der Waals surface area (Å²) < 4.78 is 0. The molecule has 0 amide bonds. The van der Waals surface area contributed by atoms with Crippen molar-refractivity contribution < 1.29 is 5.11 Å². The maximum atomic E-state index is 10.8. The summed E-state index contributed by atoms with van der Waals surface area (Å²) in [5.41, 5.74) is 6.41. The molecule has 1 unspecified atom stereocenters. The minimum absolute atomic E-state index is 0.0465. The molecule has 0 aromatic heterocycles. The average Bonchev–Trinajstić information content (AvgIpc) is 2.96. The zero-order valence-electron chi connectivity index (χ0n) is 21.9. The van der Waals surface area contributed by atoms with Crippen molar-refractivity contribution in [3.63, 3.8) is 0 Å². The van der Waals surface area contributed by atoms with Crippen LogP contribution < -0.4 is 0 Å². The Bertz CT molecular complexity index is 767. The van der Waals surface area contributed by atoms with E-state index in [9.17, 15) is 5.11 Å². The van der Waals surface area contributed by atoms with E-state index in [-0.39, 0.29) is 11.5 Å². The van der Waals surface area contributed by atoms with Gasteiger partial charge in [-0.2, -0.15) is 0 Å². The van der Waals surface area contributed by atoms with Crippen LogP contribution in [0.2, 0.25) is 0 Å². The van der Waals surface area contributed by atoms with Crippen molar-refractivity contribution in [2.75, 3.05) is 0 Å². The van der Waals surface area contributed by atoms with Gasteiger partial charge >= 0.3 is 0 Å².